The molecule has 0 atom stereocenters. The molecule has 35 heavy (non-hydrogen) atoms. The smallest absolute Gasteiger partial charge is 0.209 e. The Bertz CT molecular complexity index is 1180. The molecule has 0 unspecified atom stereocenters. The first kappa shape index (κ1) is 26.4. The summed E-state index contributed by atoms with van der Waals surface area (Å²) in [5.41, 5.74) is -0.816. The van der Waals surface area contributed by atoms with Gasteiger partial charge in [0.15, 0.2) is 5.83 Å². The van der Waals surface area contributed by atoms with Crippen LogP contribution >= 0.6 is 0 Å². The van der Waals surface area contributed by atoms with Gasteiger partial charge in [-0.3, -0.25) is 0 Å². The van der Waals surface area contributed by atoms with Crippen LogP contribution in [0.25, 0.3) is 17.0 Å². The summed E-state index contributed by atoms with van der Waals surface area (Å²) in [6, 6.07) is 11.1. The van der Waals surface area contributed by atoms with Crippen LogP contribution < -0.4 is 0 Å². The van der Waals surface area contributed by atoms with Gasteiger partial charge in [0.2, 0.25) is 0 Å². The third-order valence-electron chi connectivity index (χ3n) is 5.59. The first-order chi connectivity index (χ1) is 16.5. The van der Waals surface area contributed by atoms with Gasteiger partial charge in [-0.2, -0.15) is 13.2 Å². The Morgan fingerprint density at radius 1 is 0.743 bits per heavy atom. The molecule has 0 fully saturated rings. The number of hydrogen-bond acceptors (Lipinski definition) is 0. The van der Waals surface area contributed by atoms with Crippen LogP contribution in [0.4, 0.5) is 35.1 Å². The molecule has 0 nitrogen and oxygen atoms in total. The summed E-state index contributed by atoms with van der Waals surface area (Å²) in [7, 11) is 0. The number of allylic oxidation sites excluding steroid dienone is 1. The Morgan fingerprint density at radius 3 is 1.91 bits per heavy atom. The molecule has 0 aliphatic carbocycles. The first-order valence-corrected chi connectivity index (χ1v) is 11.0. The van der Waals surface area contributed by atoms with Crippen LogP contribution in [0, 0.1) is 17.5 Å². The largest absolute Gasteiger partial charge is 0.422 e. The molecule has 0 aliphatic rings. The third kappa shape index (κ3) is 6.50. The van der Waals surface area contributed by atoms with Crippen molar-refractivity contribution in [1.82, 2.24) is 0 Å². The molecule has 0 radical (unpaired) electrons. The minimum absolute atomic E-state index is 0.0482. The molecule has 3 aromatic rings. The molecule has 0 heterocycles. The van der Waals surface area contributed by atoms with Gasteiger partial charge in [-0.25, -0.2) is 22.0 Å². The second-order valence-electron chi connectivity index (χ2n) is 8.14. The van der Waals surface area contributed by atoms with Crippen LogP contribution in [0.1, 0.15) is 48.4 Å². The average Bonchev–Trinajstić information content (AvgIpc) is 2.80. The molecule has 3 aromatic carbocycles. The fourth-order valence-corrected chi connectivity index (χ4v) is 3.64. The van der Waals surface area contributed by atoms with Gasteiger partial charge in [0, 0.05) is 12.0 Å². The summed E-state index contributed by atoms with van der Waals surface area (Å²) >= 11 is 0. The molecule has 0 aliphatic heterocycles. The highest BCUT2D eigenvalue weighted by atomic mass is 19.4. The molecule has 0 amide bonds. The molecule has 0 aromatic heterocycles. The number of alkyl halides is 3. The predicted octanol–water partition coefficient (Wildman–Crippen LogP) is 9.37. The summed E-state index contributed by atoms with van der Waals surface area (Å²) in [6.45, 7) is 1.85. The lowest BCUT2D eigenvalue weighted by Gasteiger charge is -2.11. The zero-order valence-electron chi connectivity index (χ0n) is 18.8. The monoisotopic (exact) mass is 498 g/mol. The Morgan fingerprint density at radius 2 is 1.37 bits per heavy atom. The molecule has 8 heteroatoms. The highest BCUT2D eigenvalue weighted by molar-refractivity contribution is 5.65. The van der Waals surface area contributed by atoms with E-state index in [-0.39, 0.29) is 24.0 Å². The van der Waals surface area contributed by atoms with Crippen LogP contribution in [-0.2, 0) is 19.0 Å². The molecule has 0 saturated carbocycles. The van der Waals surface area contributed by atoms with E-state index in [2.05, 4.69) is 0 Å². The van der Waals surface area contributed by atoms with Crippen LogP contribution in [0.3, 0.4) is 0 Å². The molecule has 0 saturated heterocycles. The van der Waals surface area contributed by atoms with Crippen molar-refractivity contribution in [3.05, 3.63) is 100 Å². The Balaban J connectivity index is 1.70. The number of benzene rings is 3. The summed E-state index contributed by atoms with van der Waals surface area (Å²) in [6.07, 6.45) is -3.38. The van der Waals surface area contributed by atoms with Crippen LogP contribution in [-0.4, -0.2) is 0 Å². The molecule has 0 N–H and O–H groups in total. The van der Waals surface area contributed by atoms with Gasteiger partial charge in [-0.1, -0.05) is 49.7 Å². The quantitative estimate of drug-likeness (QED) is 0.272. The summed E-state index contributed by atoms with van der Waals surface area (Å²) in [5.74, 6) is -6.06. The zero-order chi connectivity index (χ0) is 25.8. The number of rotatable bonds is 8. The van der Waals surface area contributed by atoms with Crippen molar-refractivity contribution in [2.75, 3.05) is 0 Å². The third-order valence-corrected chi connectivity index (χ3v) is 5.59. The van der Waals surface area contributed by atoms with E-state index >= 15 is 0 Å². The molecular formula is C27H22F8. The maximum atomic E-state index is 14.4. The van der Waals surface area contributed by atoms with Crippen molar-refractivity contribution < 1.29 is 35.1 Å². The van der Waals surface area contributed by atoms with E-state index in [9.17, 15) is 35.1 Å². The highest BCUT2D eigenvalue weighted by Gasteiger charge is 2.37. The predicted molar refractivity (Wildman–Crippen MR) is 119 cm³/mol. The Labute approximate surface area is 197 Å². The molecule has 3 rings (SSSR count). The molecule has 0 spiro atoms. The molecule has 0 bridgehead atoms. The Kier molecular flexibility index (Phi) is 8.35. The molecule has 186 valence electrons. The van der Waals surface area contributed by atoms with Gasteiger partial charge in [0.1, 0.15) is 28.8 Å². The number of hydrogen-bond donors (Lipinski definition) is 0. The van der Waals surface area contributed by atoms with Crippen molar-refractivity contribution >= 4 is 5.83 Å². The second-order valence-corrected chi connectivity index (χ2v) is 8.14. The normalized spacial score (nSPS) is 12.6. The minimum Gasteiger partial charge on any atom is -0.209 e. The minimum atomic E-state index is -5.14. The summed E-state index contributed by atoms with van der Waals surface area (Å²) in [5, 5.41) is 0. The van der Waals surface area contributed by atoms with Gasteiger partial charge in [-0.15, -0.1) is 0 Å². The van der Waals surface area contributed by atoms with E-state index in [1.807, 2.05) is 6.92 Å². The first-order valence-electron chi connectivity index (χ1n) is 11.0. The van der Waals surface area contributed by atoms with E-state index in [4.69, 9.17) is 0 Å². The fourth-order valence-electron chi connectivity index (χ4n) is 3.64. The van der Waals surface area contributed by atoms with Crippen molar-refractivity contribution in [3.63, 3.8) is 0 Å². The number of aryl methyl sites for hydroxylation is 2. The maximum absolute atomic E-state index is 14.4. The number of unbranched alkanes of at least 4 members (excludes halogenated alkanes) is 1. The lowest BCUT2D eigenvalue weighted by atomic mass is 9.98. The summed E-state index contributed by atoms with van der Waals surface area (Å²) in [4.78, 5) is 0. The van der Waals surface area contributed by atoms with Crippen LogP contribution in [0.5, 0.6) is 0 Å². The highest BCUT2D eigenvalue weighted by Crippen LogP contribution is 2.36. The topological polar surface area (TPSA) is 0 Å². The van der Waals surface area contributed by atoms with Gasteiger partial charge in [0.05, 0.1) is 0 Å². The van der Waals surface area contributed by atoms with Crippen molar-refractivity contribution in [2.45, 2.75) is 45.2 Å². The van der Waals surface area contributed by atoms with E-state index in [1.165, 1.54) is 24.3 Å². The summed E-state index contributed by atoms with van der Waals surface area (Å²) < 4.78 is 108. The zero-order valence-corrected chi connectivity index (χ0v) is 18.8. The van der Waals surface area contributed by atoms with Crippen LogP contribution in [0.15, 0.2) is 60.4 Å². The van der Waals surface area contributed by atoms with E-state index in [0.717, 1.165) is 11.6 Å². The second kappa shape index (κ2) is 11.1. The SMILES string of the molecule is CCCC/C(F)=C(\F)c1ccc(CCc2ccc(-c3cc(F)c(C(F)(F)F)c(F)c3)cc2)c(F)c1. The van der Waals surface area contributed by atoms with E-state index < -0.39 is 40.8 Å². The van der Waals surface area contributed by atoms with Gasteiger partial charge in [-0.05, 0) is 59.7 Å². The van der Waals surface area contributed by atoms with E-state index in [1.54, 1.807) is 12.1 Å². The van der Waals surface area contributed by atoms with Crippen molar-refractivity contribution in [3.8, 4) is 11.1 Å². The van der Waals surface area contributed by atoms with Gasteiger partial charge in [0.25, 0.3) is 0 Å². The number of halogens is 8. The average molecular weight is 498 g/mol. The maximum Gasteiger partial charge on any atom is 0.422 e. The Hall–Kier alpha value is -3.16. The van der Waals surface area contributed by atoms with Gasteiger partial charge < -0.3 is 0 Å². The van der Waals surface area contributed by atoms with Crippen LogP contribution in [0.2, 0.25) is 0 Å². The standard InChI is InChI=1S/C27H22F8/c1-2-3-4-21(28)26(32)19-12-11-18(22(29)13-19)10-7-16-5-8-17(9-6-16)20-14-23(30)25(24(31)15-20)27(33,34)35/h5-6,8-9,11-15H,2-4,7,10H2,1H3/b26-21+. The molecular weight excluding hydrogens is 476 g/mol. The van der Waals surface area contributed by atoms with Crippen molar-refractivity contribution in [2.24, 2.45) is 0 Å². The lowest BCUT2D eigenvalue weighted by Crippen LogP contribution is -2.11. The lowest BCUT2D eigenvalue weighted by molar-refractivity contribution is -0.142. The van der Waals surface area contributed by atoms with E-state index in [0.29, 0.717) is 42.5 Å². The van der Waals surface area contributed by atoms with Gasteiger partial charge >= 0.3 is 6.18 Å². The fraction of sp³-hybridized carbons (Fsp3) is 0.259. The van der Waals surface area contributed by atoms with Crippen molar-refractivity contribution in [1.29, 1.82) is 0 Å².